The molecule has 174 valence electrons. The first kappa shape index (κ1) is 23.8. The van der Waals surface area contributed by atoms with Crippen molar-refractivity contribution in [1.29, 1.82) is 0 Å². The van der Waals surface area contributed by atoms with Crippen LogP contribution in [-0.4, -0.2) is 30.7 Å². The predicted molar refractivity (Wildman–Crippen MR) is 123 cm³/mol. The van der Waals surface area contributed by atoms with Crippen LogP contribution in [0.2, 0.25) is 0 Å². The molecule has 8 nitrogen and oxygen atoms in total. The van der Waals surface area contributed by atoms with Gasteiger partial charge in [-0.15, -0.1) is 0 Å². The van der Waals surface area contributed by atoms with E-state index in [0.29, 0.717) is 17.3 Å². The van der Waals surface area contributed by atoms with Crippen LogP contribution < -0.4 is 14.8 Å². The number of benzene rings is 2. The second-order valence-electron chi connectivity index (χ2n) is 7.54. The number of carbonyl (C=O) groups is 2. The van der Waals surface area contributed by atoms with Crippen molar-refractivity contribution in [1.82, 2.24) is 5.16 Å². The van der Waals surface area contributed by atoms with Gasteiger partial charge in [-0.3, -0.25) is 4.79 Å². The first-order valence-electron chi connectivity index (χ1n) is 10.6. The van der Waals surface area contributed by atoms with Gasteiger partial charge in [-0.1, -0.05) is 30.3 Å². The number of para-hydroxylation sites is 1. The smallest absolute Gasteiger partial charge is 0.338 e. The number of ether oxygens (including phenoxy) is 3. The zero-order valence-corrected chi connectivity index (χ0v) is 19.5. The molecule has 0 aliphatic rings. The van der Waals surface area contributed by atoms with Crippen LogP contribution in [0.3, 0.4) is 0 Å². The van der Waals surface area contributed by atoms with Gasteiger partial charge < -0.3 is 24.1 Å². The fourth-order valence-electron chi connectivity index (χ4n) is 3.36. The highest BCUT2D eigenvalue weighted by atomic mass is 16.5. The summed E-state index contributed by atoms with van der Waals surface area (Å²) in [5.74, 6) is 0.466. The van der Waals surface area contributed by atoms with E-state index in [2.05, 4.69) is 10.5 Å². The lowest BCUT2D eigenvalue weighted by Crippen LogP contribution is -2.22. The Morgan fingerprint density at radius 2 is 1.88 bits per heavy atom. The van der Waals surface area contributed by atoms with Crippen LogP contribution in [0.25, 0.3) is 0 Å². The predicted octanol–water partition coefficient (Wildman–Crippen LogP) is 4.55. The minimum absolute atomic E-state index is 0.245. The molecule has 0 saturated heterocycles. The van der Waals surface area contributed by atoms with Crippen LogP contribution in [0.15, 0.2) is 40.9 Å². The van der Waals surface area contributed by atoms with E-state index in [9.17, 15) is 9.59 Å². The molecule has 1 aromatic heterocycles. The molecular weight excluding hydrogens is 424 g/mol. The molecule has 3 rings (SSSR count). The number of hydrogen-bond acceptors (Lipinski definition) is 7. The molecule has 0 aliphatic carbocycles. The fraction of sp³-hybridized carbons (Fsp3) is 0.320. The molecule has 1 amide bonds. The molecule has 0 atom stereocenters. The zero-order chi connectivity index (χ0) is 24.0. The molecule has 0 bridgehead atoms. The van der Waals surface area contributed by atoms with Crippen LogP contribution in [0.1, 0.15) is 45.4 Å². The van der Waals surface area contributed by atoms with Crippen molar-refractivity contribution in [2.45, 2.75) is 40.7 Å². The van der Waals surface area contributed by atoms with Crippen molar-refractivity contribution in [3.05, 3.63) is 70.1 Å². The standard InChI is InChI=1S/C25H28N2O6/c1-6-18-9-7-8-15(2)24(18)26-23(28)14-32-25(29)19-10-11-21(22(12-19)30-5)31-13-20-16(3)27-33-17(20)4/h7-12H,6,13-14H2,1-5H3,(H,26,28). The number of hydrogen-bond donors (Lipinski definition) is 1. The number of nitrogens with one attached hydrogen (secondary N) is 1. The Morgan fingerprint density at radius 1 is 1.09 bits per heavy atom. The molecule has 2 aromatic carbocycles. The molecule has 3 aromatic rings. The van der Waals surface area contributed by atoms with Gasteiger partial charge in [-0.2, -0.15) is 0 Å². The first-order valence-corrected chi connectivity index (χ1v) is 10.6. The Morgan fingerprint density at radius 3 is 2.55 bits per heavy atom. The average molecular weight is 453 g/mol. The van der Waals surface area contributed by atoms with E-state index in [1.807, 2.05) is 45.9 Å². The Balaban J connectivity index is 1.61. The van der Waals surface area contributed by atoms with Gasteiger partial charge >= 0.3 is 5.97 Å². The van der Waals surface area contributed by atoms with Gasteiger partial charge in [0.1, 0.15) is 12.4 Å². The Labute approximate surface area is 192 Å². The number of methoxy groups -OCH3 is 1. The van der Waals surface area contributed by atoms with Crippen LogP contribution in [-0.2, 0) is 22.6 Å². The third-order valence-electron chi connectivity index (χ3n) is 5.29. The number of aromatic nitrogens is 1. The second kappa shape index (κ2) is 10.7. The molecule has 0 fully saturated rings. The molecule has 0 aliphatic heterocycles. The molecule has 0 saturated carbocycles. The molecule has 8 heteroatoms. The molecule has 0 radical (unpaired) electrons. The summed E-state index contributed by atoms with van der Waals surface area (Å²) in [6.45, 7) is 7.43. The van der Waals surface area contributed by atoms with Crippen molar-refractivity contribution >= 4 is 17.6 Å². The van der Waals surface area contributed by atoms with Gasteiger partial charge in [-0.05, 0) is 56.5 Å². The summed E-state index contributed by atoms with van der Waals surface area (Å²) < 4.78 is 21.5. The van der Waals surface area contributed by atoms with Gasteiger partial charge in [-0.25, -0.2) is 4.79 Å². The van der Waals surface area contributed by atoms with Gasteiger partial charge in [0.15, 0.2) is 18.1 Å². The fourth-order valence-corrected chi connectivity index (χ4v) is 3.36. The van der Waals surface area contributed by atoms with Gasteiger partial charge in [0.25, 0.3) is 5.91 Å². The SMILES string of the molecule is CCc1cccc(C)c1NC(=O)COC(=O)c1ccc(OCc2c(C)noc2C)c(OC)c1. The average Bonchev–Trinajstić information content (AvgIpc) is 3.14. The number of aryl methyl sites for hydroxylation is 4. The Hall–Kier alpha value is -3.81. The molecule has 1 heterocycles. The van der Waals surface area contributed by atoms with E-state index in [1.54, 1.807) is 12.1 Å². The number of amides is 1. The van der Waals surface area contributed by atoms with E-state index in [4.69, 9.17) is 18.7 Å². The summed E-state index contributed by atoms with van der Waals surface area (Å²) in [5.41, 5.74) is 4.57. The lowest BCUT2D eigenvalue weighted by molar-refractivity contribution is -0.119. The Kier molecular flexibility index (Phi) is 7.71. The van der Waals surface area contributed by atoms with E-state index in [1.165, 1.54) is 13.2 Å². The number of anilines is 1. The first-order chi connectivity index (χ1) is 15.8. The summed E-state index contributed by atoms with van der Waals surface area (Å²) >= 11 is 0. The van der Waals surface area contributed by atoms with Crippen molar-refractivity contribution < 1.29 is 28.3 Å². The second-order valence-corrected chi connectivity index (χ2v) is 7.54. The summed E-state index contributed by atoms with van der Waals surface area (Å²) in [7, 11) is 1.48. The normalized spacial score (nSPS) is 10.6. The molecule has 33 heavy (non-hydrogen) atoms. The minimum Gasteiger partial charge on any atom is -0.493 e. The number of nitrogens with zero attached hydrogens (tertiary/aromatic N) is 1. The maximum atomic E-state index is 12.5. The molecule has 0 spiro atoms. The van der Waals surface area contributed by atoms with Crippen molar-refractivity contribution in [2.75, 3.05) is 19.0 Å². The zero-order valence-electron chi connectivity index (χ0n) is 19.5. The largest absolute Gasteiger partial charge is 0.493 e. The highest BCUT2D eigenvalue weighted by Gasteiger charge is 2.16. The topological polar surface area (TPSA) is 99.9 Å². The van der Waals surface area contributed by atoms with E-state index >= 15 is 0 Å². The van der Waals surface area contributed by atoms with Gasteiger partial charge in [0.2, 0.25) is 0 Å². The van der Waals surface area contributed by atoms with E-state index in [-0.39, 0.29) is 12.2 Å². The van der Waals surface area contributed by atoms with Gasteiger partial charge in [0.05, 0.1) is 23.9 Å². The maximum absolute atomic E-state index is 12.5. The van der Waals surface area contributed by atoms with Crippen molar-refractivity contribution in [3.8, 4) is 11.5 Å². The van der Waals surface area contributed by atoms with Crippen LogP contribution in [0, 0.1) is 20.8 Å². The number of rotatable bonds is 9. The lowest BCUT2D eigenvalue weighted by Gasteiger charge is -2.14. The van der Waals surface area contributed by atoms with Crippen molar-refractivity contribution in [3.63, 3.8) is 0 Å². The highest BCUT2D eigenvalue weighted by molar-refractivity contribution is 5.96. The Bertz CT molecular complexity index is 1130. The minimum atomic E-state index is -0.638. The lowest BCUT2D eigenvalue weighted by atomic mass is 10.1. The van der Waals surface area contributed by atoms with Crippen LogP contribution in [0.4, 0.5) is 5.69 Å². The van der Waals surface area contributed by atoms with Crippen molar-refractivity contribution in [2.24, 2.45) is 0 Å². The summed E-state index contributed by atoms with van der Waals surface area (Å²) in [5, 5.41) is 6.74. The number of esters is 1. The third-order valence-corrected chi connectivity index (χ3v) is 5.29. The van der Waals surface area contributed by atoms with Crippen LogP contribution >= 0.6 is 0 Å². The number of carbonyl (C=O) groups excluding carboxylic acids is 2. The van der Waals surface area contributed by atoms with Crippen LogP contribution in [0.5, 0.6) is 11.5 Å². The summed E-state index contributed by atoms with van der Waals surface area (Å²) in [6, 6.07) is 10.5. The highest BCUT2D eigenvalue weighted by Crippen LogP contribution is 2.30. The third kappa shape index (κ3) is 5.71. The molecular formula is C25H28N2O6. The summed E-state index contributed by atoms with van der Waals surface area (Å²) in [4.78, 5) is 24.8. The molecule has 1 N–H and O–H groups in total. The van der Waals surface area contributed by atoms with E-state index < -0.39 is 18.5 Å². The summed E-state index contributed by atoms with van der Waals surface area (Å²) in [6.07, 6.45) is 0.779. The quantitative estimate of drug-likeness (QED) is 0.476. The van der Waals surface area contributed by atoms with E-state index in [0.717, 1.165) is 34.5 Å². The molecule has 0 unspecified atom stereocenters. The van der Waals surface area contributed by atoms with Gasteiger partial charge in [0, 0.05) is 5.69 Å². The monoisotopic (exact) mass is 452 g/mol. The maximum Gasteiger partial charge on any atom is 0.338 e.